The van der Waals surface area contributed by atoms with E-state index in [4.69, 9.17) is 9.40 Å². The van der Waals surface area contributed by atoms with Crippen LogP contribution in [0.25, 0.3) is 22.4 Å². The lowest BCUT2D eigenvalue weighted by molar-refractivity contribution is 0.0643. The number of carbonyl (C=O) groups excluding carboxylic acids is 1. The molecule has 5 heterocycles. The maximum atomic E-state index is 13.4. The highest BCUT2D eigenvalue weighted by molar-refractivity contribution is 5.90. The molecule has 0 bridgehead atoms. The Kier molecular flexibility index (Phi) is 4.20. The van der Waals surface area contributed by atoms with E-state index in [-0.39, 0.29) is 11.8 Å². The molecule has 6 rings (SSSR count). The Balaban J connectivity index is 1.40. The van der Waals surface area contributed by atoms with Gasteiger partial charge in [-0.05, 0) is 18.2 Å². The minimum Gasteiger partial charge on any atom is -0.412 e. The zero-order valence-corrected chi connectivity index (χ0v) is 16.7. The molecule has 1 aliphatic rings. The number of H-pyrrole nitrogens is 1. The van der Waals surface area contributed by atoms with E-state index in [9.17, 15) is 4.79 Å². The molecule has 1 aliphatic heterocycles. The normalized spacial score (nSPS) is 15.6. The third-order valence-electron chi connectivity index (χ3n) is 5.45. The van der Waals surface area contributed by atoms with E-state index < -0.39 is 11.9 Å². The molecule has 10 nitrogen and oxygen atoms in total. The summed E-state index contributed by atoms with van der Waals surface area (Å²) >= 11 is 0. The summed E-state index contributed by atoms with van der Waals surface area (Å²) < 4.78 is 5.69. The average molecular weight is 424 g/mol. The number of para-hydroxylation sites is 1. The summed E-state index contributed by atoms with van der Waals surface area (Å²) in [5.74, 6) is 0.214. The Morgan fingerprint density at radius 2 is 2.03 bits per heavy atom. The monoisotopic (exact) mass is 424 g/mol. The van der Waals surface area contributed by atoms with Crippen LogP contribution in [-0.4, -0.2) is 52.5 Å². The van der Waals surface area contributed by atoms with Crippen molar-refractivity contribution in [3.05, 3.63) is 84.4 Å². The van der Waals surface area contributed by atoms with Gasteiger partial charge in [0.1, 0.15) is 6.04 Å². The van der Waals surface area contributed by atoms with Gasteiger partial charge in [0.25, 0.3) is 0 Å². The second kappa shape index (κ2) is 7.34. The minimum absolute atomic E-state index is 0.103. The van der Waals surface area contributed by atoms with E-state index in [0.717, 1.165) is 16.6 Å². The maximum absolute atomic E-state index is 13.4. The number of rotatable bonds is 3. The van der Waals surface area contributed by atoms with Crippen molar-refractivity contribution in [2.75, 3.05) is 6.54 Å². The van der Waals surface area contributed by atoms with Crippen LogP contribution in [0.3, 0.4) is 0 Å². The van der Waals surface area contributed by atoms with Gasteiger partial charge in [-0.25, -0.2) is 15.0 Å². The predicted octanol–water partition coefficient (Wildman–Crippen LogP) is 2.59. The van der Waals surface area contributed by atoms with Crippen molar-refractivity contribution in [3.8, 4) is 11.5 Å². The summed E-state index contributed by atoms with van der Waals surface area (Å²) in [5, 5.41) is 8.92. The van der Waals surface area contributed by atoms with Crippen molar-refractivity contribution in [1.29, 1.82) is 0 Å². The Morgan fingerprint density at radius 3 is 2.94 bits per heavy atom. The molecule has 0 fully saturated rings. The van der Waals surface area contributed by atoms with Gasteiger partial charge in [0.2, 0.25) is 5.89 Å². The number of nitrogens with zero attached hydrogens (tertiary/aromatic N) is 7. The first-order valence-electron chi connectivity index (χ1n) is 10.1. The molecule has 1 amide bonds. The average Bonchev–Trinajstić information content (AvgIpc) is 3.53. The second-order valence-corrected chi connectivity index (χ2v) is 7.36. The Hall–Kier alpha value is -4.47. The standard InChI is InChI=1S/C22H16N8O2/c31-22(21-29-28-20(32-21)14-5-3-8-23-10-14)30-9-7-16-17(26-12-25-16)18(30)19-24-11-13-4-1-2-6-15(13)27-19/h1-6,8,10-12,18H,7,9H2,(H,25,26)/t18-/m0/s1. The van der Waals surface area contributed by atoms with Crippen LogP contribution in [0.4, 0.5) is 0 Å². The number of fused-ring (bicyclic) bond motifs is 2. The number of aromatic amines is 1. The molecule has 0 saturated carbocycles. The number of amides is 1. The molecule has 1 N–H and O–H groups in total. The lowest BCUT2D eigenvalue weighted by Crippen LogP contribution is -2.41. The molecule has 0 aliphatic carbocycles. The van der Waals surface area contributed by atoms with Gasteiger partial charge in [0, 0.05) is 42.6 Å². The molecule has 32 heavy (non-hydrogen) atoms. The number of nitrogens with one attached hydrogen (secondary N) is 1. The Bertz CT molecular complexity index is 1430. The van der Waals surface area contributed by atoms with Gasteiger partial charge in [-0.3, -0.25) is 9.78 Å². The van der Waals surface area contributed by atoms with Crippen LogP contribution in [0.2, 0.25) is 0 Å². The topological polar surface area (TPSA) is 127 Å². The van der Waals surface area contributed by atoms with Crippen molar-refractivity contribution >= 4 is 16.8 Å². The van der Waals surface area contributed by atoms with Crippen molar-refractivity contribution in [3.63, 3.8) is 0 Å². The first kappa shape index (κ1) is 18.3. The van der Waals surface area contributed by atoms with E-state index in [1.54, 1.807) is 42.0 Å². The van der Waals surface area contributed by atoms with Crippen molar-refractivity contribution in [1.82, 2.24) is 40.0 Å². The molecule has 1 aromatic carbocycles. The van der Waals surface area contributed by atoms with E-state index in [0.29, 0.717) is 30.0 Å². The van der Waals surface area contributed by atoms with E-state index >= 15 is 0 Å². The fourth-order valence-electron chi connectivity index (χ4n) is 3.91. The number of imidazole rings is 1. The Morgan fingerprint density at radius 1 is 1.09 bits per heavy atom. The summed E-state index contributed by atoms with van der Waals surface area (Å²) in [6.45, 7) is 0.430. The number of aromatic nitrogens is 7. The molecule has 10 heteroatoms. The van der Waals surface area contributed by atoms with Crippen molar-refractivity contribution < 1.29 is 9.21 Å². The van der Waals surface area contributed by atoms with Gasteiger partial charge in [-0.2, -0.15) is 0 Å². The highest BCUT2D eigenvalue weighted by Crippen LogP contribution is 2.33. The van der Waals surface area contributed by atoms with Gasteiger partial charge in [-0.1, -0.05) is 18.2 Å². The van der Waals surface area contributed by atoms with Crippen LogP contribution in [0.1, 0.15) is 33.9 Å². The van der Waals surface area contributed by atoms with Gasteiger partial charge in [-0.15, -0.1) is 10.2 Å². The molecule has 0 saturated heterocycles. The van der Waals surface area contributed by atoms with Gasteiger partial charge in [0.05, 0.1) is 23.1 Å². The Labute approximate surface area is 181 Å². The number of pyridine rings is 1. The molecule has 0 radical (unpaired) electrons. The minimum atomic E-state index is -0.573. The number of hydrogen-bond acceptors (Lipinski definition) is 8. The quantitative estimate of drug-likeness (QED) is 0.468. The number of benzene rings is 1. The summed E-state index contributed by atoms with van der Waals surface area (Å²) in [6.07, 6.45) is 7.25. The highest BCUT2D eigenvalue weighted by Gasteiger charge is 2.38. The number of carbonyl (C=O) groups is 1. The van der Waals surface area contributed by atoms with Crippen LogP contribution >= 0.6 is 0 Å². The zero-order valence-electron chi connectivity index (χ0n) is 16.7. The van der Waals surface area contributed by atoms with Crippen LogP contribution in [0, 0.1) is 0 Å². The smallest absolute Gasteiger partial charge is 0.312 e. The van der Waals surface area contributed by atoms with Crippen molar-refractivity contribution in [2.45, 2.75) is 12.5 Å². The molecule has 0 unspecified atom stereocenters. The summed E-state index contributed by atoms with van der Waals surface area (Å²) in [5.41, 5.74) is 3.11. The van der Waals surface area contributed by atoms with E-state index in [1.165, 1.54) is 0 Å². The van der Waals surface area contributed by atoms with Gasteiger partial charge >= 0.3 is 11.8 Å². The summed E-state index contributed by atoms with van der Waals surface area (Å²) in [4.78, 5) is 36.0. The van der Waals surface area contributed by atoms with E-state index in [2.05, 4.69) is 30.1 Å². The van der Waals surface area contributed by atoms with Gasteiger partial charge < -0.3 is 14.3 Å². The first-order chi connectivity index (χ1) is 15.8. The fraction of sp³-hybridized carbons (Fsp3) is 0.136. The number of hydrogen-bond donors (Lipinski definition) is 1. The zero-order chi connectivity index (χ0) is 21.5. The highest BCUT2D eigenvalue weighted by atomic mass is 16.4. The second-order valence-electron chi connectivity index (χ2n) is 7.36. The van der Waals surface area contributed by atoms with Crippen LogP contribution in [0.5, 0.6) is 0 Å². The van der Waals surface area contributed by atoms with Crippen LogP contribution < -0.4 is 0 Å². The molecule has 0 spiro atoms. The van der Waals surface area contributed by atoms with Gasteiger partial charge in [0.15, 0.2) is 5.82 Å². The summed E-state index contributed by atoms with van der Waals surface area (Å²) in [7, 11) is 0. The third-order valence-corrected chi connectivity index (χ3v) is 5.45. The van der Waals surface area contributed by atoms with Crippen LogP contribution in [-0.2, 0) is 6.42 Å². The lowest BCUT2D eigenvalue weighted by Gasteiger charge is -2.32. The van der Waals surface area contributed by atoms with E-state index in [1.807, 2.05) is 24.3 Å². The molecule has 1 atom stereocenters. The maximum Gasteiger partial charge on any atom is 0.312 e. The lowest BCUT2D eigenvalue weighted by atomic mass is 10.0. The van der Waals surface area contributed by atoms with Crippen molar-refractivity contribution in [2.24, 2.45) is 0 Å². The summed E-state index contributed by atoms with van der Waals surface area (Å²) in [6, 6.07) is 10.7. The molecule has 5 aromatic rings. The molecule has 4 aromatic heterocycles. The predicted molar refractivity (Wildman–Crippen MR) is 112 cm³/mol. The third kappa shape index (κ3) is 3.00. The SMILES string of the molecule is O=C(c1nnc(-c2cccnc2)o1)N1CCc2[nH]cnc2[C@H]1c1ncc2ccccc2n1. The first-order valence-corrected chi connectivity index (χ1v) is 10.1. The van der Waals surface area contributed by atoms with Crippen LogP contribution in [0.15, 0.2) is 65.7 Å². The molecular formula is C22H16N8O2. The fourth-order valence-corrected chi connectivity index (χ4v) is 3.91. The molecular weight excluding hydrogens is 408 g/mol. The largest absolute Gasteiger partial charge is 0.412 e. The molecule has 156 valence electrons.